The van der Waals surface area contributed by atoms with Crippen molar-refractivity contribution in [3.63, 3.8) is 0 Å². The van der Waals surface area contributed by atoms with Crippen molar-refractivity contribution in [3.05, 3.63) is 106 Å². The molecule has 1 atom stereocenters. The third kappa shape index (κ3) is 5.69. The van der Waals surface area contributed by atoms with Crippen LogP contribution in [-0.2, 0) is 17.5 Å². The highest BCUT2D eigenvalue weighted by molar-refractivity contribution is 6.30. The molecule has 0 aromatic heterocycles. The maximum atomic E-state index is 13.7. The monoisotopic (exact) mass is 492 g/mol. The standard InChI is InChI=1S/C25H21ClF4N2O2/c26-18-8-6-17(7-9-18)23(21-11-10-19(27)12-22(21)25(28,29)30)34-20-14-32(15-20)24(33)31-13-16-4-2-1-3-5-16/h1-12,20,23H,13-15H2,(H,31,33). The third-order valence-electron chi connectivity index (χ3n) is 5.53. The Labute approximate surface area is 199 Å². The predicted octanol–water partition coefficient (Wildman–Crippen LogP) is 6.20. The van der Waals surface area contributed by atoms with Gasteiger partial charge in [-0.25, -0.2) is 9.18 Å². The van der Waals surface area contributed by atoms with Crippen molar-refractivity contribution in [3.8, 4) is 0 Å². The molecular formula is C25H21ClF4N2O2. The molecule has 4 nitrogen and oxygen atoms in total. The fourth-order valence-corrected chi connectivity index (χ4v) is 3.87. The lowest BCUT2D eigenvalue weighted by Crippen LogP contribution is -2.57. The van der Waals surface area contributed by atoms with Gasteiger partial charge in [-0.1, -0.05) is 60.1 Å². The quantitative estimate of drug-likeness (QED) is 0.416. The second-order valence-corrected chi connectivity index (χ2v) is 8.40. The Morgan fingerprint density at radius 3 is 2.38 bits per heavy atom. The number of hydrogen-bond acceptors (Lipinski definition) is 2. The molecular weight excluding hydrogens is 472 g/mol. The fourth-order valence-electron chi connectivity index (χ4n) is 3.74. The van der Waals surface area contributed by atoms with Crippen molar-refractivity contribution in [2.24, 2.45) is 0 Å². The molecule has 1 unspecified atom stereocenters. The van der Waals surface area contributed by atoms with Gasteiger partial charge in [0, 0.05) is 11.6 Å². The van der Waals surface area contributed by atoms with Crippen LogP contribution in [0, 0.1) is 5.82 Å². The summed E-state index contributed by atoms with van der Waals surface area (Å²) in [6.45, 7) is 0.792. The molecule has 1 N–H and O–H groups in total. The van der Waals surface area contributed by atoms with Crippen molar-refractivity contribution in [1.82, 2.24) is 10.2 Å². The maximum absolute atomic E-state index is 13.7. The molecule has 4 rings (SSSR count). The zero-order chi connectivity index (χ0) is 24.3. The number of amides is 2. The Hall–Kier alpha value is -3.10. The molecule has 1 heterocycles. The van der Waals surface area contributed by atoms with Crippen LogP contribution in [0.3, 0.4) is 0 Å². The van der Waals surface area contributed by atoms with Crippen molar-refractivity contribution in [1.29, 1.82) is 0 Å². The SMILES string of the molecule is O=C(NCc1ccccc1)N1CC(OC(c2ccc(Cl)cc2)c2ccc(F)cc2C(F)(F)F)C1. The van der Waals surface area contributed by atoms with Gasteiger partial charge in [0.25, 0.3) is 0 Å². The summed E-state index contributed by atoms with van der Waals surface area (Å²) < 4.78 is 60.8. The second kappa shape index (κ2) is 10.0. The predicted molar refractivity (Wildman–Crippen MR) is 120 cm³/mol. The Balaban J connectivity index is 1.48. The number of likely N-dealkylation sites (tertiary alicyclic amines) is 1. The molecule has 3 aromatic rings. The highest BCUT2D eigenvalue weighted by atomic mass is 35.5. The van der Waals surface area contributed by atoms with Crippen LogP contribution in [-0.4, -0.2) is 30.1 Å². The summed E-state index contributed by atoms with van der Waals surface area (Å²) in [6, 6.07) is 17.9. The van der Waals surface area contributed by atoms with E-state index in [2.05, 4.69) is 5.32 Å². The van der Waals surface area contributed by atoms with E-state index in [1.165, 1.54) is 4.90 Å². The zero-order valence-electron chi connectivity index (χ0n) is 17.9. The first kappa shape index (κ1) is 24.0. The number of carbonyl (C=O) groups is 1. The van der Waals surface area contributed by atoms with E-state index in [1.807, 2.05) is 30.3 Å². The van der Waals surface area contributed by atoms with Crippen LogP contribution < -0.4 is 5.32 Å². The van der Waals surface area contributed by atoms with E-state index in [0.29, 0.717) is 23.2 Å². The molecule has 1 saturated heterocycles. The van der Waals surface area contributed by atoms with Crippen LogP contribution in [0.15, 0.2) is 72.8 Å². The summed E-state index contributed by atoms with van der Waals surface area (Å²) in [5.41, 5.74) is 0.0730. The number of nitrogens with zero attached hydrogens (tertiary/aromatic N) is 1. The van der Waals surface area contributed by atoms with E-state index in [9.17, 15) is 22.4 Å². The van der Waals surface area contributed by atoms with Crippen LogP contribution in [0.25, 0.3) is 0 Å². The lowest BCUT2D eigenvalue weighted by molar-refractivity contribution is -0.140. The molecule has 0 aliphatic carbocycles. The summed E-state index contributed by atoms with van der Waals surface area (Å²) in [7, 11) is 0. The van der Waals surface area contributed by atoms with Crippen LogP contribution in [0.2, 0.25) is 5.02 Å². The van der Waals surface area contributed by atoms with E-state index in [1.54, 1.807) is 24.3 Å². The lowest BCUT2D eigenvalue weighted by Gasteiger charge is -2.41. The number of alkyl halides is 3. The van der Waals surface area contributed by atoms with E-state index in [4.69, 9.17) is 16.3 Å². The van der Waals surface area contributed by atoms with Gasteiger partial charge < -0.3 is 15.0 Å². The summed E-state index contributed by atoms with van der Waals surface area (Å²) in [5, 5.41) is 3.22. The second-order valence-electron chi connectivity index (χ2n) is 7.97. The Morgan fingerprint density at radius 2 is 1.74 bits per heavy atom. The molecule has 1 fully saturated rings. The third-order valence-corrected chi connectivity index (χ3v) is 5.78. The van der Waals surface area contributed by atoms with Crippen molar-refractivity contribution in [2.45, 2.75) is 24.9 Å². The van der Waals surface area contributed by atoms with Crippen molar-refractivity contribution < 1.29 is 27.1 Å². The smallest absolute Gasteiger partial charge is 0.362 e. The minimum atomic E-state index is -4.77. The van der Waals surface area contributed by atoms with Gasteiger partial charge in [-0.3, -0.25) is 0 Å². The highest BCUT2D eigenvalue weighted by Gasteiger charge is 2.39. The molecule has 0 spiro atoms. The van der Waals surface area contributed by atoms with E-state index in [-0.39, 0.29) is 24.7 Å². The van der Waals surface area contributed by atoms with Gasteiger partial charge in [-0.05, 0) is 41.0 Å². The summed E-state index contributed by atoms with van der Waals surface area (Å²) in [5.74, 6) is -0.990. The number of hydrogen-bond donors (Lipinski definition) is 1. The number of rotatable bonds is 6. The van der Waals surface area contributed by atoms with E-state index in [0.717, 1.165) is 17.7 Å². The largest absolute Gasteiger partial charge is 0.416 e. The van der Waals surface area contributed by atoms with Gasteiger partial charge in [-0.2, -0.15) is 13.2 Å². The van der Waals surface area contributed by atoms with Crippen LogP contribution in [0.1, 0.15) is 28.4 Å². The minimum absolute atomic E-state index is 0.205. The molecule has 2 amide bonds. The van der Waals surface area contributed by atoms with Gasteiger partial charge >= 0.3 is 12.2 Å². The normalized spacial score (nSPS) is 15.0. The molecule has 3 aromatic carbocycles. The first-order chi connectivity index (χ1) is 16.2. The number of halogens is 5. The minimum Gasteiger partial charge on any atom is -0.362 e. The highest BCUT2D eigenvalue weighted by Crippen LogP contribution is 2.39. The molecule has 1 aliphatic rings. The van der Waals surface area contributed by atoms with Gasteiger partial charge in [0.05, 0.1) is 24.8 Å². The van der Waals surface area contributed by atoms with Crippen molar-refractivity contribution >= 4 is 17.6 Å². The Bertz CT molecular complexity index is 1130. The van der Waals surface area contributed by atoms with Crippen LogP contribution in [0.5, 0.6) is 0 Å². The maximum Gasteiger partial charge on any atom is 0.416 e. The summed E-state index contributed by atoms with van der Waals surface area (Å²) in [4.78, 5) is 13.9. The molecule has 1 aliphatic heterocycles. The number of urea groups is 1. The Morgan fingerprint density at radius 1 is 1.06 bits per heavy atom. The topological polar surface area (TPSA) is 41.6 Å². The summed E-state index contributed by atoms with van der Waals surface area (Å²) >= 11 is 5.94. The number of carbonyl (C=O) groups excluding carboxylic acids is 1. The Kier molecular flexibility index (Phi) is 7.09. The van der Waals surface area contributed by atoms with Gasteiger partial charge in [0.1, 0.15) is 11.9 Å². The summed E-state index contributed by atoms with van der Waals surface area (Å²) in [6.07, 6.45) is -6.38. The van der Waals surface area contributed by atoms with Gasteiger partial charge in [0.15, 0.2) is 0 Å². The average Bonchev–Trinajstić information content (AvgIpc) is 2.78. The first-order valence-corrected chi connectivity index (χ1v) is 10.9. The fraction of sp³-hybridized carbons (Fsp3) is 0.240. The molecule has 178 valence electrons. The molecule has 0 radical (unpaired) electrons. The number of benzene rings is 3. The average molecular weight is 493 g/mol. The van der Waals surface area contributed by atoms with E-state index < -0.39 is 29.8 Å². The molecule has 0 bridgehead atoms. The zero-order valence-corrected chi connectivity index (χ0v) is 18.6. The van der Waals surface area contributed by atoms with E-state index >= 15 is 0 Å². The lowest BCUT2D eigenvalue weighted by atomic mass is 9.95. The van der Waals surface area contributed by atoms with Crippen LogP contribution in [0.4, 0.5) is 22.4 Å². The number of nitrogens with one attached hydrogen (secondary N) is 1. The van der Waals surface area contributed by atoms with Gasteiger partial charge in [0.2, 0.25) is 0 Å². The first-order valence-electron chi connectivity index (χ1n) is 10.5. The molecule has 34 heavy (non-hydrogen) atoms. The van der Waals surface area contributed by atoms with Crippen molar-refractivity contribution in [2.75, 3.05) is 13.1 Å². The molecule has 0 saturated carbocycles. The molecule has 9 heteroatoms. The van der Waals surface area contributed by atoms with Crippen LogP contribution >= 0.6 is 11.6 Å². The van der Waals surface area contributed by atoms with Gasteiger partial charge in [-0.15, -0.1) is 0 Å². The number of ether oxygens (including phenoxy) is 1.